The molecular formula is C12H22N4O. The maximum Gasteiger partial charge on any atom is 0.276 e. The van der Waals surface area contributed by atoms with Gasteiger partial charge in [-0.05, 0) is 12.3 Å². The maximum absolute atomic E-state index is 12.1. The van der Waals surface area contributed by atoms with Crippen molar-refractivity contribution in [3.63, 3.8) is 0 Å². The van der Waals surface area contributed by atoms with Crippen LogP contribution in [0.2, 0.25) is 0 Å². The topological polar surface area (TPSA) is 75.0 Å². The number of aryl methyl sites for hydroxylation is 1. The van der Waals surface area contributed by atoms with Crippen LogP contribution in [-0.4, -0.2) is 34.6 Å². The standard InChI is InChI=1S/C12H22N4O/c1-5-8(3)7-16(4)12(17)11-10(13)9(6-2)14-15-11/h8H,5-7,13H2,1-4H3,(H,14,15). The molecule has 1 unspecified atom stereocenters. The van der Waals surface area contributed by atoms with Crippen LogP contribution in [0.3, 0.4) is 0 Å². The monoisotopic (exact) mass is 238 g/mol. The van der Waals surface area contributed by atoms with Crippen molar-refractivity contribution < 1.29 is 4.79 Å². The van der Waals surface area contributed by atoms with Gasteiger partial charge in [-0.25, -0.2) is 0 Å². The number of nitrogens with one attached hydrogen (secondary N) is 1. The molecule has 0 saturated carbocycles. The van der Waals surface area contributed by atoms with Gasteiger partial charge in [-0.2, -0.15) is 5.10 Å². The maximum atomic E-state index is 12.1. The van der Waals surface area contributed by atoms with Crippen LogP contribution in [0.5, 0.6) is 0 Å². The van der Waals surface area contributed by atoms with Crippen LogP contribution in [0.4, 0.5) is 5.69 Å². The summed E-state index contributed by atoms with van der Waals surface area (Å²) in [5.41, 5.74) is 7.52. The molecule has 0 aliphatic rings. The van der Waals surface area contributed by atoms with Crippen molar-refractivity contribution in [3.05, 3.63) is 11.4 Å². The molecule has 5 heteroatoms. The number of aromatic amines is 1. The molecule has 0 saturated heterocycles. The van der Waals surface area contributed by atoms with Crippen molar-refractivity contribution in [2.75, 3.05) is 19.3 Å². The largest absolute Gasteiger partial charge is 0.395 e. The van der Waals surface area contributed by atoms with Crippen LogP contribution < -0.4 is 5.73 Å². The van der Waals surface area contributed by atoms with E-state index >= 15 is 0 Å². The molecule has 0 aliphatic heterocycles. The van der Waals surface area contributed by atoms with Gasteiger partial charge >= 0.3 is 0 Å². The molecule has 96 valence electrons. The summed E-state index contributed by atoms with van der Waals surface area (Å²) in [5, 5.41) is 6.80. The molecule has 0 aromatic carbocycles. The van der Waals surface area contributed by atoms with E-state index < -0.39 is 0 Å². The highest BCUT2D eigenvalue weighted by Gasteiger charge is 2.20. The van der Waals surface area contributed by atoms with Crippen molar-refractivity contribution in [2.24, 2.45) is 5.92 Å². The average Bonchev–Trinajstić information content (AvgIpc) is 2.69. The number of aromatic nitrogens is 2. The number of anilines is 1. The molecule has 1 aromatic heterocycles. The number of carbonyl (C=O) groups is 1. The minimum Gasteiger partial charge on any atom is -0.395 e. The third-order valence-corrected chi connectivity index (χ3v) is 3.07. The van der Waals surface area contributed by atoms with Crippen molar-refractivity contribution >= 4 is 11.6 Å². The summed E-state index contributed by atoms with van der Waals surface area (Å²) in [5.74, 6) is 0.369. The van der Waals surface area contributed by atoms with Crippen molar-refractivity contribution in [1.29, 1.82) is 0 Å². The third-order valence-electron chi connectivity index (χ3n) is 3.07. The van der Waals surface area contributed by atoms with Gasteiger partial charge in [0.05, 0.1) is 11.4 Å². The summed E-state index contributed by atoms with van der Waals surface area (Å²) >= 11 is 0. The Kier molecular flexibility index (Phi) is 4.54. The van der Waals surface area contributed by atoms with Gasteiger partial charge < -0.3 is 10.6 Å². The summed E-state index contributed by atoms with van der Waals surface area (Å²) in [6.45, 7) is 6.93. The Labute approximate surface area is 102 Å². The van der Waals surface area contributed by atoms with Crippen LogP contribution in [0.25, 0.3) is 0 Å². The molecule has 0 fully saturated rings. The van der Waals surface area contributed by atoms with E-state index in [0.717, 1.165) is 25.1 Å². The Balaban J connectivity index is 2.78. The highest BCUT2D eigenvalue weighted by molar-refractivity contribution is 5.97. The van der Waals surface area contributed by atoms with Crippen molar-refractivity contribution in [2.45, 2.75) is 33.6 Å². The first-order valence-electron chi connectivity index (χ1n) is 6.09. The number of nitrogens with two attached hydrogens (primary N) is 1. The lowest BCUT2D eigenvalue weighted by Gasteiger charge is -2.19. The fourth-order valence-corrected chi connectivity index (χ4v) is 1.68. The lowest BCUT2D eigenvalue weighted by molar-refractivity contribution is 0.0770. The molecule has 3 N–H and O–H groups in total. The summed E-state index contributed by atoms with van der Waals surface area (Å²) in [4.78, 5) is 13.8. The number of nitrogens with zero attached hydrogens (tertiary/aromatic N) is 2. The van der Waals surface area contributed by atoms with Crippen LogP contribution in [0.15, 0.2) is 0 Å². The van der Waals surface area contributed by atoms with E-state index in [1.165, 1.54) is 0 Å². The van der Waals surface area contributed by atoms with Crippen molar-refractivity contribution in [1.82, 2.24) is 15.1 Å². The third kappa shape index (κ3) is 2.99. The highest BCUT2D eigenvalue weighted by Crippen LogP contribution is 2.16. The van der Waals surface area contributed by atoms with Crippen LogP contribution in [0, 0.1) is 5.92 Å². The van der Waals surface area contributed by atoms with E-state index in [2.05, 4.69) is 24.0 Å². The van der Waals surface area contributed by atoms with E-state index in [0.29, 0.717) is 17.3 Å². The van der Waals surface area contributed by atoms with Gasteiger partial charge in [0, 0.05) is 13.6 Å². The molecule has 0 spiro atoms. The number of nitrogen functional groups attached to an aromatic ring is 1. The Morgan fingerprint density at radius 2 is 2.18 bits per heavy atom. The lowest BCUT2D eigenvalue weighted by Crippen LogP contribution is -2.31. The second-order valence-electron chi connectivity index (χ2n) is 4.52. The summed E-state index contributed by atoms with van der Waals surface area (Å²) in [6.07, 6.45) is 1.80. The first-order valence-corrected chi connectivity index (χ1v) is 6.09. The predicted octanol–water partition coefficient (Wildman–Crippen LogP) is 1.67. The van der Waals surface area contributed by atoms with Crippen molar-refractivity contribution in [3.8, 4) is 0 Å². The van der Waals surface area contributed by atoms with E-state index in [4.69, 9.17) is 5.73 Å². The lowest BCUT2D eigenvalue weighted by atomic mass is 10.1. The molecule has 17 heavy (non-hydrogen) atoms. The molecule has 1 rings (SSSR count). The van der Waals surface area contributed by atoms with Crippen LogP contribution in [0.1, 0.15) is 43.4 Å². The van der Waals surface area contributed by atoms with Crippen LogP contribution in [-0.2, 0) is 6.42 Å². The Bertz CT molecular complexity index is 386. The predicted molar refractivity (Wildman–Crippen MR) is 68.8 cm³/mol. The molecule has 0 bridgehead atoms. The first kappa shape index (κ1) is 13.5. The Morgan fingerprint density at radius 3 is 2.65 bits per heavy atom. The quantitative estimate of drug-likeness (QED) is 0.819. The highest BCUT2D eigenvalue weighted by atomic mass is 16.2. The number of amides is 1. The smallest absolute Gasteiger partial charge is 0.276 e. The Hall–Kier alpha value is -1.52. The average molecular weight is 238 g/mol. The van der Waals surface area contributed by atoms with Gasteiger partial charge in [-0.3, -0.25) is 9.89 Å². The zero-order valence-electron chi connectivity index (χ0n) is 11.1. The number of H-pyrrole nitrogens is 1. The second kappa shape index (κ2) is 5.70. The van der Waals surface area contributed by atoms with Gasteiger partial charge in [0.2, 0.25) is 0 Å². The van der Waals surface area contributed by atoms with Crippen LogP contribution >= 0.6 is 0 Å². The molecule has 0 radical (unpaired) electrons. The molecule has 0 aliphatic carbocycles. The molecule has 1 amide bonds. The minimum absolute atomic E-state index is 0.112. The molecule has 1 heterocycles. The fourth-order valence-electron chi connectivity index (χ4n) is 1.68. The van der Waals surface area contributed by atoms with Gasteiger partial charge in [0.1, 0.15) is 0 Å². The molecule has 1 aromatic rings. The number of carbonyl (C=O) groups excluding carboxylic acids is 1. The van der Waals surface area contributed by atoms with E-state index in [1.54, 1.807) is 11.9 Å². The van der Waals surface area contributed by atoms with Gasteiger partial charge in [-0.15, -0.1) is 0 Å². The normalized spacial score (nSPS) is 12.5. The summed E-state index contributed by atoms with van der Waals surface area (Å²) < 4.78 is 0. The molecule has 1 atom stereocenters. The SMILES string of the molecule is CCc1[nH]nc(C(=O)N(C)CC(C)CC)c1N. The molecular weight excluding hydrogens is 216 g/mol. The zero-order chi connectivity index (χ0) is 13.0. The molecule has 5 nitrogen and oxygen atoms in total. The van der Waals surface area contributed by atoms with Gasteiger partial charge in [-0.1, -0.05) is 27.2 Å². The first-order chi connectivity index (χ1) is 8.01. The number of rotatable bonds is 5. The van der Waals surface area contributed by atoms with Gasteiger partial charge in [0.15, 0.2) is 5.69 Å². The van der Waals surface area contributed by atoms with E-state index in [-0.39, 0.29) is 5.91 Å². The Morgan fingerprint density at radius 1 is 1.53 bits per heavy atom. The van der Waals surface area contributed by atoms with E-state index in [9.17, 15) is 4.79 Å². The second-order valence-corrected chi connectivity index (χ2v) is 4.52. The number of hydrogen-bond acceptors (Lipinski definition) is 3. The fraction of sp³-hybridized carbons (Fsp3) is 0.667. The van der Waals surface area contributed by atoms with Gasteiger partial charge in [0.25, 0.3) is 5.91 Å². The summed E-state index contributed by atoms with van der Waals surface area (Å²) in [6, 6.07) is 0. The minimum atomic E-state index is -0.112. The van der Waals surface area contributed by atoms with E-state index in [1.807, 2.05) is 6.92 Å². The number of hydrogen-bond donors (Lipinski definition) is 2. The zero-order valence-corrected chi connectivity index (χ0v) is 11.1. The summed E-state index contributed by atoms with van der Waals surface area (Å²) in [7, 11) is 1.79.